The third kappa shape index (κ3) is 1.64. The molecule has 0 bridgehead atoms. The molecule has 2 rings (SSSR count). The fourth-order valence-corrected chi connectivity index (χ4v) is 1.23. The molecule has 0 saturated carbocycles. The highest BCUT2D eigenvalue weighted by Crippen LogP contribution is 2.05. The van der Waals surface area contributed by atoms with Crippen LogP contribution in [-0.4, -0.2) is 9.78 Å². The second-order valence-electron chi connectivity index (χ2n) is 2.52. The highest BCUT2D eigenvalue weighted by atomic mass is 16.1. The van der Waals surface area contributed by atoms with Gasteiger partial charge in [-0.25, -0.2) is 0 Å². The lowest BCUT2D eigenvalue weighted by molar-refractivity contribution is 0.783. The zero-order valence-corrected chi connectivity index (χ0v) is 8.16. The van der Waals surface area contributed by atoms with Crippen LogP contribution < -0.4 is 5.56 Å². The van der Waals surface area contributed by atoms with Crippen LogP contribution >= 0.6 is 0 Å². The third-order valence-electron chi connectivity index (χ3n) is 1.78. The standard InChI is InChI=1S/C8H8N2O.C2H6/c1-10-7-5-3-2-4-6(7)8(11)9-10;1-2/h2-5H,1H3,(H,9,11);1-2H3. The summed E-state index contributed by atoms with van der Waals surface area (Å²) in [5.74, 6) is 0. The van der Waals surface area contributed by atoms with E-state index in [9.17, 15) is 4.79 Å². The van der Waals surface area contributed by atoms with Crippen LogP contribution in [0.4, 0.5) is 0 Å². The van der Waals surface area contributed by atoms with Gasteiger partial charge in [0.15, 0.2) is 0 Å². The van der Waals surface area contributed by atoms with E-state index in [0.29, 0.717) is 0 Å². The van der Waals surface area contributed by atoms with Gasteiger partial charge in [-0.15, -0.1) is 0 Å². The number of nitrogens with one attached hydrogen (secondary N) is 1. The van der Waals surface area contributed by atoms with E-state index in [1.54, 1.807) is 4.68 Å². The lowest BCUT2D eigenvalue weighted by atomic mass is 10.2. The summed E-state index contributed by atoms with van der Waals surface area (Å²) >= 11 is 0. The molecule has 0 atom stereocenters. The number of nitrogens with zero attached hydrogens (tertiary/aromatic N) is 1. The van der Waals surface area contributed by atoms with E-state index in [1.807, 2.05) is 45.2 Å². The van der Waals surface area contributed by atoms with Crippen molar-refractivity contribution < 1.29 is 0 Å². The normalized spacial score (nSPS) is 9.46. The molecule has 13 heavy (non-hydrogen) atoms. The first kappa shape index (κ1) is 9.58. The number of hydrogen-bond donors (Lipinski definition) is 1. The highest BCUT2D eigenvalue weighted by Gasteiger charge is 1.99. The first-order chi connectivity index (χ1) is 6.29. The van der Waals surface area contributed by atoms with Gasteiger partial charge in [-0.05, 0) is 12.1 Å². The van der Waals surface area contributed by atoms with Crippen LogP contribution in [0.1, 0.15) is 13.8 Å². The number of aromatic amines is 1. The molecular weight excluding hydrogens is 164 g/mol. The van der Waals surface area contributed by atoms with Crippen LogP contribution in [-0.2, 0) is 7.05 Å². The summed E-state index contributed by atoms with van der Waals surface area (Å²) in [4.78, 5) is 11.1. The molecule has 0 fully saturated rings. The van der Waals surface area contributed by atoms with Gasteiger partial charge in [0.1, 0.15) is 0 Å². The summed E-state index contributed by atoms with van der Waals surface area (Å²) in [6, 6.07) is 7.49. The van der Waals surface area contributed by atoms with E-state index in [4.69, 9.17) is 0 Å². The Morgan fingerprint density at radius 2 is 1.85 bits per heavy atom. The van der Waals surface area contributed by atoms with Gasteiger partial charge in [-0.3, -0.25) is 14.6 Å². The molecule has 0 aliphatic carbocycles. The maximum atomic E-state index is 11.1. The molecule has 0 spiro atoms. The van der Waals surface area contributed by atoms with Crippen LogP contribution in [0.2, 0.25) is 0 Å². The van der Waals surface area contributed by atoms with Crippen molar-refractivity contribution in [2.75, 3.05) is 0 Å². The SMILES string of the molecule is CC.Cn1[nH]c(=O)c2ccccc21. The molecule has 70 valence electrons. The number of rotatable bonds is 0. The molecule has 0 aliphatic rings. The minimum absolute atomic E-state index is 0.0249. The first-order valence-corrected chi connectivity index (χ1v) is 4.43. The average molecular weight is 178 g/mol. The Morgan fingerprint density at radius 3 is 2.46 bits per heavy atom. The molecule has 1 N–H and O–H groups in total. The molecule has 0 unspecified atom stereocenters. The molecule has 0 aliphatic heterocycles. The van der Waals surface area contributed by atoms with Gasteiger partial charge < -0.3 is 0 Å². The summed E-state index contributed by atoms with van der Waals surface area (Å²) in [5, 5.41) is 3.42. The van der Waals surface area contributed by atoms with E-state index in [1.165, 1.54) is 0 Å². The third-order valence-corrected chi connectivity index (χ3v) is 1.78. The van der Waals surface area contributed by atoms with E-state index in [2.05, 4.69) is 5.10 Å². The Hall–Kier alpha value is -1.51. The van der Waals surface area contributed by atoms with Gasteiger partial charge in [0.05, 0.1) is 10.9 Å². The predicted octanol–water partition coefficient (Wildman–Crippen LogP) is 1.89. The van der Waals surface area contributed by atoms with Gasteiger partial charge >= 0.3 is 0 Å². The average Bonchev–Trinajstić information content (AvgIpc) is 2.47. The summed E-state index contributed by atoms with van der Waals surface area (Å²) in [6.07, 6.45) is 0. The lowest BCUT2D eigenvalue weighted by Gasteiger charge is -1.90. The number of H-pyrrole nitrogens is 1. The minimum Gasteiger partial charge on any atom is -0.288 e. The second-order valence-corrected chi connectivity index (χ2v) is 2.52. The zero-order valence-electron chi connectivity index (χ0n) is 8.16. The minimum atomic E-state index is -0.0249. The van der Waals surface area contributed by atoms with Crippen LogP contribution in [0.5, 0.6) is 0 Å². The Balaban J connectivity index is 0.000000396. The lowest BCUT2D eigenvalue weighted by Crippen LogP contribution is -2.01. The number of fused-ring (bicyclic) bond motifs is 1. The molecule has 1 heterocycles. The second kappa shape index (κ2) is 3.94. The Morgan fingerprint density at radius 1 is 1.23 bits per heavy atom. The quantitative estimate of drug-likeness (QED) is 0.657. The van der Waals surface area contributed by atoms with Crippen LogP contribution in [0.15, 0.2) is 29.1 Å². The van der Waals surface area contributed by atoms with E-state index >= 15 is 0 Å². The monoisotopic (exact) mass is 178 g/mol. The van der Waals surface area contributed by atoms with Gasteiger partial charge in [-0.2, -0.15) is 0 Å². The van der Waals surface area contributed by atoms with Gasteiger partial charge in [0.25, 0.3) is 5.56 Å². The van der Waals surface area contributed by atoms with Gasteiger partial charge in [0.2, 0.25) is 0 Å². The Kier molecular flexibility index (Phi) is 2.90. The fraction of sp³-hybridized carbons (Fsp3) is 0.300. The van der Waals surface area contributed by atoms with Crippen molar-refractivity contribution in [2.24, 2.45) is 7.05 Å². The summed E-state index contributed by atoms with van der Waals surface area (Å²) < 4.78 is 1.72. The number of aromatic nitrogens is 2. The number of para-hydroxylation sites is 1. The summed E-state index contributed by atoms with van der Waals surface area (Å²) in [7, 11) is 1.82. The molecule has 1 aromatic carbocycles. The van der Waals surface area contributed by atoms with Crippen molar-refractivity contribution in [3.8, 4) is 0 Å². The fourth-order valence-electron chi connectivity index (χ4n) is 1.23. The van der Waals surface area contributed by atoms with Crippen LogP contribution in [0, 0.1) is 0 Å². The van der Waals surface area contributed by atoms with E-state index < -0.39 is 0 Å². The van der Waals surface area contributed by atoms with Crippen molar-refractivity contribution in [1.82, 2.24) is 9.78 Å². The van der Waals surface area contributed by atoms with Crippen LogP contribution in [0.3, 0.4) is 0 Å². The molecular formula is C10H14N2O. The van der Waals surface area contributed by atoms with Crippen molar-refractivity contribution in [3.63, 3.8) is 0 Å². The highest BCUT2D eigenvalue weighted by molar-refractivity contribution is 5.77. The van der Waals surface area contributed by atoms with Crippen molar-refractivity contribution >= 4 is 10.9 Å². The van der Waals surface area contributed by atoms with Gasteiger partial charge in [0, 0.05) is 7.05 Å². The van der Waals surface area contributed by atoms with Gasteiger partial charge in [-0.1, -0.05) is 26.0 Å². The summed E-state index contributed by atoms with van der Waals surface area (Å²) in [5.41, 5.74) is 0.917. The number of benzene rings is 1. The molecule has 2 aromatic rings. The topological polar surface area (TPSA) is 37.8 Å². The predicted molar refractivity (Wildman–Crippen MR) is 54.9 cm³/mol. The Labute approximate surface area is 77.0 Å². The zero-order chi connectivity index (χ0) is 9.84. The Bertz CT molecular complexity index is 439. The smallest absolute Gasteiger partial charge is 0.271 e. The number of hydrogen-bond acceptors (Lipinski definition) is 1. The van der Waals surface area contributed by atoms with E-state index in [0.717, 1.165) is 10.9 Å². The maximum Gasteiger partial charge on any atom is 0.271 e. The molecule has 1 aromatic heterocycles. The molecule has 3 heteroatoms. The maximum absolute atomic E-state index is 11.1. The molecule has 0 saturated heterocycles. The van der Waals surface area contributed by atoms with Crippen LogP contribution in [0.25, 0.3) is 10.9 Å². The largest absolute Gasteiger partial charge is 0.288 e. The summed E-state index contributed by atoms with van der Waals surface area (Å²) in [6.45, 7) is 4.00. The van der Waals surface area contributed by atoms with E-state index in [-0.39, 0.29) is 5.56 Å². The molecule has 0 amide bonds. The molecule has 0 radical (unpaired) electrons. The van der Waals surface area contributed by atoms with Crippen molar-refractivity contribution in [2.45, 2.75) is 13.8 Å². The first-order valence-electron chi connectivity index (χ1n) is 4.43. The van der Waals surface area contributed by atoms with Crippen molar-refractivity contribution in [3.05, 3.63) is 34.6 Å². The number of aryl methyl sites for hydroxylation is 1. The van der Waals surface area contributed by atoms with Crippen molar-refractivity contribution in [1.29, 1.82) is 0 Å². The molecule has 3 nitrogen and oxygen atoms in total.